The summed E-state index contributed by atoms with van der Waals surface area (Å²) in [5, 5.41) is 5.01. The van der Waals surface area contributed by atoms with Crippen molar-refractivity contribution in [3.63, 3.8) is 0 Å². The quantitative estimate of drug-likeness (QED) is 0.505. The Kier molecular flexibility index (Phi) is 4.72. The molecule has 0 radical (unpaired) electrons. The van der Waals surface area contributed by atoms with E-state index in [1.807, 2.05) is 73.7 Å². The Morgan fingerprint density at radius 2 is 1.68 bits per heavy atom. The van der Waals surface area contributed by atoms with Crippen LogP contribution in [0.25, 0.3) is 22.3 Å². The van der Waals surface area contributed by atoms with Crippen molar-refractivity contribution in [3.8, 4) is 17.1 Å². The lowest BCUT2D eigenvalue weighted by Gasteiger charge is -2.11. The van der Waals surface area contributed by atoms with Gasteiger partial charge >= 0.3 is 0 Å². The topological polar surface area (TPSA) is 56.5 Å². The molecule has 4 rings (SSSR count). The fourth-order valence-corrected chi connectivity index (χ4v) is 3.12. The Balaban J connectivity index is 1.97. The highest BCUT2D eigenvalue weighted by Gasteiger charge is 2.13. The molecule has 4 aromatic rings. The lowest BCUT2D eigenvalue weighted by atomic mass is 10.1. The van der Waals surface area contributed by atoms with E-state index in [4.69, 9.17) is 9.72 Å². The van der Waals surface area contributed by atoms with Crippen LogP contribution in [0.3, 0.4) is 0 Å². The summed E-state index contributed by atoms with van der Waals surface area (Å²) in [6.07, 6.45) is 1.62. The number of hydrogen-bond donors (Lipinski definition) is 0. The molecule has 0 atom stereocenters. The summed E-state index contributed by atoms with van der Waals surface area (Å²) in [5.41, 5.74) is 3.10. The lowest BCUT2D eigenvalue weighted by molar-refractivity contribution is 0.414. The molecule has 5 nitrogen and oxygen atoms in total. The van der Waals surface area contributed by atoms with Gasteiger partial charge in [-0.3, -0.25) is 4.79 Å². The molecule has 0 bridgehead atoms. The van der Waals surface area contributed by atoms with Gasteiger partial charge in [0, 0.05) is 11.1 Å². The van der Waals surface area contributed by atoms with Gasteiger partial charge in [-0.2, -0.15) is 9.78 Å². The van der Waals surface area contributed by atoms with Gasteiger partial charge in [-0.1, -0.05) is 48.5 Å². The highest BCUT2D eigenvalue weighted by Crippen LogP contribution is 2.22. The highest BCUT2D eigenvalue weighted by atomic mass is 16.5. The van der Waals surface area contributed by atoms with Crippen LogP contribution in [-0.4, -0.2) is 23.0 Å². The van der Waals surface area contributed by atoms with Crippen LogP contribution >= 0.6 is 0 Å². The second kappa shape index (κ2) is 7.48. The zero-order valence-electron chi connectivity index (χ0n) is 15.7. The number of aryl methyl sites for hydroxylation is 1. The van der Waals surface area contributed by atoms with Crippen molar-refractivity contribution in [3.05, 3.63) is 94.3 Å². The third-order valence-electron chi connectivity index (χ3n) is 4.59. The third-order valence-corrected chi connectivity index (χ3v) is 4.59. The third kappa shape index (κ3) is 3.18. The molecule has 0 unspecified atom stereocenters. The van der Waals surface area contributed by atoms with E-state index in [0.717, 1.165) is 16.7 Å². The highest BCUT2D eigenvalue weighted by molar-refractivity contribution is 5.84. The molecule has 1 heterocycles. The summed E-state index contributed by atoms with van der Waals surface area (Å²) in [6, 6.07) is 22.6. The second-order valence-corrected chi connectivity index (χ2v) is 6.37. The van der Waals surface area contributed by atoms with Crippen molar-refractivity contribution < 1.29 is 4.74 Å². The minimum atomic E-state index is -0.213. The standard InChI is InChI=1S/C23H19N3O2/c1-16-9-3-5-11-18(16)22-25-20-13-7-6-12-19(20)23(27)26(22)24-15-17-10-4-8-14-21(17)28-2/h3-15H,1-2H3/b24-15+. The predicted molar refractivity (Wildman–Crippen MR) is 112 cm³/mol. The van der Waals surface area contributed by atoms with Crippen LogP contribution in [0, 0.1) is 6.92 Å². The molecule has 0 aliphatic carbocycles. The van der Waals surface area contributed by atoms with Crippen LogP contribution in [0.15, 0.2) is 82.7 Å². The first kappa shape index (κ1) is 17.7. The Bertz CT molecular complexity index is 1240. The Morgan fingerprint density at radius 1 is 0.964 bits per heavy atom. The number of hydrogen-bond acceptors (Lipinski definition) is 4. The number of benzene rings is 3. The zero-order valence-corrected chi connectivity index (χ0v) is 15.7. The Labute approximate surface area is 162 Å². The summed E-state index contributed by atoms with van der Waals surface area (Å²) in [6.45, 7) is 1.99. The molecule has 0 spiro atoms. The van der Waals surface area contributed by atoms with Crippen molar-refractivity contribution in [2.75, 3.05) is 7.11 Å². The van der Waals surface area contributed by atoms with Crippen molar-refractivity contribution in [2.24, 2.45) is 5.10 Å². The van der Waals surface area contributed by atoms with Gasteiger partial charge in [0.15, 0.2) is 5.82 Å². The second-order valence-electron chi connectivity index (χ2n) is 6.37. The number of fused-ring (bicyclic) bond motifs is 1. The predicted octanol–water partition coefficient (Wildman–Crippen LogP) is 4.26. The number of methoxy groups -OCH3 is 1. The van der Waals surface area contributed by atoms with E-state index < -0.39 is 0 Å². The van der Waals surface area contributed by atoms with Crippen molar-refractivity contribution in [2.45, 2.75) is 6.92 Å². The molecule has 138 valence electrons. The number of nitrogens with zero attached hydrogens (tertiary/aromatic N) is 3. The number of ether oxygens (including phenoxy) is 1. The summed E-state index contributed by atoms with van der Waals surface area (Å²) in [4.78, 5) is 17.9. The molecular weight excluding hydrogens is 350 g/mol. The van der Waals surface area contributed by atoms with Crippen LogP contribution in [-0.2, 0) is 0 Å². The normalized spacial score (nSPS) is 11.2. The van der Waals surface area contributed by atoms with Crippen LogP contribution < -0.4 is 10.3 Å². The first-order valence-electron chi connectivity index (χ1n) is 8.94. The Hall–Kier alpha value is -3.73. The van der Waals surface area contributed by atoms with Crippen molar-refractivity contribution >= 4 is 17.1 Å². The van der Waals surface area contributed by atoms with Gasteiger partial charge in [0.1, 0.15) is 5.75 Å². The average molecular weight is 369 g/mol. The molecule has 0 saturated heterocycles. The zero-order chi connectivity index (χ0) is 19.5. The molecule has 0 amide bonds. The summed E-state index contributed by atoms with van der Waals surface area (Å²) >= 11 is 0. The SMILES string of the molecule is COc1ccccc1/C=N/n1c(-c2ccccc2C)nc2ccccc2c1=O. The van der Waals surface area contributed by atoms with Crippen LogP contribution in [0.2, 0.25) is 0 Å². The fourth-order valence-electron chi connectivity index (χ4n) is 3.12. The maximum absolute atomic E-state index is 13.2. The maximum Gasteiger partial charge on any atom is 0.282 e. The molecule has 1 aromatic heterocycles. The minimum absolute atomic E-state index is 0.213. The van der Waals surface area contributed by atoms with Gasteiger partial charge in [0.2, 0.25) is 0 Å². The number of para-hydroxylation sites is 2. The van der Waals surface area contributed by atoms with Gasteiger partial charge in [0.25, 0.3) is 5.56 Å². The van der Waals surface area contributed by atoms with E-state index >= 15 is 0 Å². The smallest absolute Gasteiger partial charge is 0.282 e. The van der Waals surface area contributed by atoms with Gasteiger partial charge < -0.3 is 4.74 Å². The van der Waals surface area contributed by atoms with E-state index in [9.17, 15) is 4.79 Å². The molecule has 0 aliphatic heterocycles. The van der Waals surface area contributed by atoms with Crippen LogP contribution in [0.4, 0.5) is 0 Å². The van der Waals surface area contributed by atoms with E-state index in [1.165, 1.54) is 4.68 Å². The molecule has 0 fully saturated rings. The van der Waals surface area contributed by atoms with E-state index in [0.29, 0.717) is 22.5 Å². The van der Waals surface area contributed by atoms with E-state index in [-0.39, 0.29) is 5.56 Å². The first-order chi connectivity index (χ1) is 13.7. The molecule has 0 aliphatic rings. The van der Waals surface area contributed by atoms with Gasteiger partial charge in [0.05, 0.1) is 24.2 Å². The molecule has 5 heteroatoms. The van der Waals surface area contributed by atoms with Gasteiger partial charge in [-0.05, 0) is 36.8 Å². The van der Waals surface area contributed by atoms with Crippen molar-refractivity contribution in [1.29, 1.82) is 0 Å². The monoisotopic (exact) mass is 369 g/mol. The Morgan fingerprint density at radius 3 is 2.50 bits per heavy atom. The number of aromatic nitrogens is 2. The molecular formula is C23H19N3O2. The van der Waals surface area contributed by atoms with Crippen molar-refractivity contribution in [1.82, 2.24) is 9.66 Å². The largest absolute Gasteiger partial charge is 0.496 e. The van der Waals surface area contributed by atoms with Gasteiger partial charge in [-0.25, -0.2) is 4.98 Å². The fraction of sp³-hybridized carbons (Fsp3) is 0.0870. The lowest BCUT2D eigenvalue weighted by Crippen LogP contribution is -2.20. The van der Waals surface area contributed by atoms with Crippen LogP contribution in [0.1, 0.15) is 11.1 Å². The van der Waals surface area contributed by atoms with E-state index in [1.54, 1.807) is 19.4 Å². The maximum atomic E-state index is 13.2. The summed E-state index contributed by atoms with van der Waals surface area (Å²) in [7, 11) is 1.61. The molecule has 0 saturated carbocycles. The molecule has 28 heavy (non-hydrogen) atoms. The first-order valence-corrected chi connectivity index (χ1v) is 8.94. The van der Waals surface area contributed by atoms with E-state index in [2.05, 4.69) is 5.10 Å². The number of rotatable bonds is 4. The summed E-state index contributed by atoms with van der Waals surface area (Å²) < 4.78 is 6.73. The minimum Gasteiger partial charge on any atom is -0.496 e. The average Bonchev–Trinajstić information content (AvgIpc) is 2.73. The van der Waals surface area contributed by atoms with Crippen LogP contribution in [0.5, 0.6) is 5.75 Å². The molecule has 0 N–H and O–H groups in total. The summed E-state index contributed by atoms with van der Waals surface area (Å²) in [5.74, 6) is 1.19. The van der Waals surface area contributed by atoms with Gasteiger partial charge in [-0.15, -0.1) is 0 Å². The molecule has 3 aromatic carbocycles.